The van der Waals surface area contributed by atoms with E-state index in [9.17, 15) is 9.59 Å². The molecule has 23 heavy (non-hydrogen) atoms. The van der Waals surface area contributed by atoms with Crippen LogP contribution in [0.15, 0.2) is 41.8 Å². The summed E-state index contributed by atoms with van der Waals surface area (Å²) in [6.45, 7) is 0. The Morgan fingerprint density at radius 3 is 2.65 bits per heavy atom. The van der Waals surface area contributed by atoms with E-state index < -0.39 is 0 Å². The van der Waals surface area contributed by atoms with Gasteiger partial charge in [-0.25, -0.2) is 0 Å². The fourth-order valence-corrected chi connectivity index (χ4v) is 2.82. The van der Waals surface area contributed by atoms with Crippen LogP contribution in [0.2, 0.25) is 0 Å². The van der Waals surface area contributed by atoms with Gasteiger partial charge in [-0.1, -0.05) is 12.1 Å². The van der Waals surface area contributed by atoms with Crippen molar-refractivity contribution in [2.24, 2.45) is 0 Å². The van der Waals surface area contributed by atoms with E-state index in [4.69, 9.17) is 0 Å². The number of thiophene rings is 1. The maximum atomic E-state index is 12.0. The van der Waals surface area contributed by atoms with Crippen LogP contribution in [0.1, 0.15) is 28.1 Å². The third-order valence-corrected chi connectivity index (χ3v) is 4.28. The monoisotopic (exact) mass is 331 g/mol. The minimum absolute atomic E-state index is 0.182. The van der Waals surface area contributed by atoms with Gasteiger partial charge in [0, 0.05) is 36.6 Å². The van der Waals surface area contributed by atoms with Crippen LogP contribution < -0.4 is 15.8 Å². The number of anilines is 1. The number of rotatable bonds is 6. The highest BCUT2D eigenvalue weighted by atomic mass is 32.1. The van der Waals surface area contributed by atoms with Crippen molar-refractivity contribution in [1.29, 1.82) is 0 Å². The van der Waals surface area contributed by atoms with E-state index in [0.29, 0.717) is 12.0 Å². The fraction of sp³-hybridized carbons (Fsp3) is 0.294. The molecule has 1 aromatic heterocycles. The third kappa shape index (κ3) is 5.41. The van der Waals surface area contributed by atoms with Crippen molar-refractivity contribution in [3.05, 3.63) is 52.2 Å². The first-order valence-corrected chi connectivity index (χ1v) is 8.33. The van der Waals surface area contributed by atoms with Gasteiger partial charge in [0.15, 0.2) is 0 Å². The van der Waals surface area contributed by atoms with E-state index in [1.165, 1.54) is 4.88 Å². The lowest BCUT2D eigenvalue weighted by atomic mass is 10.2. The zero-order chi connectivity index (χ0) is 16.7. The van der Waals surface area contributed by atoms with Gasteiger partial charge >= 0.3 is 0 Å². The van der Waals surface area contributed by atoms with Crippen LogP contribution in [0.3, 0.4) is 0 Å². The van der Waals surface area contributed by atoms with Crippen molar-refractivity contribution in [3.63, 3.8) is 0 Å². The van der Waals surface area contributed by atoms with Crippen molar-refractivity contribution in [1.82, 2.24) is 10.9 Å². The van der Waals surface area contributed by atoms with E-state index in [1.54, 1.807) is 23.5 Å². The smallest absolute Gasteiger partial charge is 0.269 e. The summed E-state index contributed by atoms with van der Waals surface area (Å²) in [5.41, 5.74) is 6.35. The normalized spacial score (nSPS) is 10.2. The molecule has 0 aliphatic rings. The number of hydrogen-bond acceptors (Lipinski definition) is 4. The molecule has 0 saturated heterocycles. The van der Waals surface area contributed by atoms with E-state index in [0.717, 1.165) is 18.5 Å². The molecule has 2 N–H and O–H groups in total. The van der Waals surface area contributed by atoms with Gasteiger partial charge in [0.25, 0.3) is 5.91 Å². The standard InChI is InChI=1S/C17H21N3O2S/c1-20(2)14-7-3-6-13(12-14)17(22)19-18-16(21)10-4-8-15-9-5-11-23-15/h3,5-7,9,11-12H,4,8,10H2,1-2H3,(H,18,21)(H,19,22). The summed E-state index contributed by atoms with van der Waals surface area (Å²) in [5.74, 6) is -0.501. The van der Waals surface area contributed by atoms with Gasteiger partial charge in [-0.2, -0.15) is 0 Å². The Morgan fingerprint density at radius 1 is 1.13 bits per heavy atom. The molecule has 0 bridgehead atoms. The second-order valence-electron chi connectivity index (χ2n) is 5.38. The van der Waals surface area contributed by atoms with Gasteiger partial charge in [0.05, 0.1) is 0 Å². The predicted molar refractivity (Wildman–Crippen MR) is 93.6 cm³/mol. The average Bonchev–Trinajstić information content (AvgIpc) is 3.06. The van der Waals surface area contributed by atoms with Crippen LogP contribution in [0.4, 0.5) is 5.69 Å². The van der Waals surface area contributed by atoms with Crippen molar-refractivity contribution in [3.8, 4) is 0 Å². The summed E-state index contributed by atoms with van der Waals surface area (Å²) in [4.78, 5) is 27.0. The SMILES string of the molecule is CN(C)c1cccc(C(=O)NNC(=O)CCCc2cccs2)c1. The van der Waals surface area contributed by atoms with Crippen molar-refractivity contribution >= 4 is 28.8 Å². The van der Waals surface area contributed by atoms with Crippen LogP contribution in [-0.2, 0) is 11.2 Å². The van der Waals surface area contributed by atoms with Gasteiger partial charge in [0.1, 0.15) is 0 Å². The van der Waals surface area contributed by atoms with Gasteiger partial charge in [-0.05, 0) is 42.5 Å². The molecular weight excluding hydrogens is 310 g/mol. The lowest BCUT2D eigenvalue weighted by Crippen LogP contribution is -2.41. The van der Waals surface area contributed by atoms with Crippen molar-refractivity contribution in [2.45, 2.75) is 19.3 Å². The maximum absolute atomic E-state index is 12.0. The summed E-state index contributed by atoms with van der Waals surface area (Å²) in [6.07, 6.45) is 2.03. The van der Waals surface area contributed by atoms with E-state index in [-0.39, 0.29) is 11.8 Å². The molecule has 0 aliphatic carbocycles. The first-order valence-electron chi connectivity index (χ1n) is 7.45. The molecular formula is C17H21N3O2S. The molecule has 5 nitrogen and oxygen atoms in total. The van der Waals surface area contributed by atoms with Crippen LogP contribution >= 0.6 is 11.3 Å². The number of amides is 2. The highest BCUT2D eigenvalue weighted by molar-refractivity contribution is 7.09. The van der Waals surface area contributed by atoms with E-state index in [2.05, 4.69) is 16.9 Å². The van der Waals surface area contributed by atoms with Gasteiger partial charge in [-0.3, -0.25) is 20.4 Å². The number of hydrazine groups is 1. The topological polar surface area (TPSA) is 61.4 Å². The minimum Gasteiger partial charge on any atom is -0.378 e. The zero-order valence-electron chi connectivity index (χ0n) is 13.3. The largest absolute Gasteiger partial charge is 0.378 e. The van der Waals surface area contributed by atoms with Crippen LogP contribution in [0.25, 0.3) is 0 Å². The molecule has 0 spiro atoms. The molecule has 0 aliphatic heterocycles. The Balaban J connectivity index is 1.75. The minimum atomic E-state index is -0.319. The zero-order valence-corrected chi connectivity index (χ0v) is 14.2. The Kier molecular flexibility index (Phi) is 6.17. The Morgan fingerprint density at radius 2 is 1.96 bits per heavy atom. The first kappa shape index (κ1) is 17.0. The molecule has 2 aromatic rings. The number of aryl methyl sites for hydroxylation is 1. The molecule has 6 heteroatoms. The Bertz CT molecular complexity index is 654. The van der Waals surface area contributed by atoms with Gasteiger partial charge in [-0.15, -0.1) is 11.3 Å². The first-order chi connectivity index (χ1) is 11.1. The highest BCUT2D eigenvalue weighted by Gasteiger charge is 2.08. The number of hydrogen-bond donors (Lipinski definition) is 2. The predicted octanol–water partition coefficient (Wildman–Crippen LogP) is 2.60. The van der Waals surface area contributed by atoms with Gasteiger partial charge in [0.2, 0.25) is 5.91 Å². The number of nitrogens with zero attached hydrogens (tertiary/aromatic N) is 1. The summed E-state index contributed by atoms with van der Waals surface area (Å²) in [7, 11) is 3.82. The molecule has 2 rings (SSSR count). The molecule has 1 heterocycles. The molecule has 122 valence electrons. The molecule has 0 unspecified atom stereocenters. The number of carbonyl (C=O) groups excluding carboxylic acids is 2. The molecule has 0 saturated carbocycles. The number of nitrogens with one attached hydrogen (secondary N) is 2. The highest BCUT2D eigenvalue weighted by Crippen LogP contribution is 2.13. The maximum Gasteiger partial charge on any atom is 0.269 e. The van der Waals surface area contributed by atoms with Crippen LogP contribution in [0.5, 0.6) is 0 Å². The molecule has 0 atom stereocenters. The van der Waals surface area contributed by atoms with Gasteiger partial charge < -0.3 is 4.90 Å². The second kappa shape index (κ2) is 8.33. The summed E-state index contributed by atoms with van der Waals surface area (Å²) in [6, 6.07) is 11.3. The van der Waals surface area contributed by atoms with E-state index in [1.807, 2.05) is 42.6 Å². The molecule has 0 radical (unpaired) electrons. The Labute approximate surface area is 140 Å². The third-order valence-electron chi connectivity index (χ3n) is 3.35. The summed E-state index contributed by atoms with van der Waals surface area (Å²) in [5, 5.41) is 2.03. The second-order valence-corrected chi connectivity index (χ2v) is 6.41. The average molecular weight is 331 g/mol. The lowest BCUT2D eigenvalue weighted by molar-refractivity contribution is -0.121. The van der Waals surface area contributed by atoms with E-state index >= 15 is 0 Å². The number of benzene rings is 1. The number of carbonyl (C=O) groups is 2. The van der Waals surface area contributed by atoms with Crippen LogP contribution in [-0.4, -0.2) is 25.9 Å². The molecule has 2 amide bonds. The van der Waals surface area contributed by atoms with Crippen molar-refractivity contribution < 1.29 is 9.59 Å². The Hall–Kier alpha value is -2.34. The lowest BCUT2D eigenvalue weighted by Gasteiger charge is -2.13. The summed E-state index contributed by atoms with van der Waals surface area (Å²) >= 11 is 1.69. The van der Waals surface area contributed by atoms with Crippen molar-refractivity contribution in [2.75, 3.05) is 19.0 Å². The molecule has 0 fully saturated rings. The fourth-order valence-electron chi connectivity index (χ4n) is 2.06. The summed E-state index contributed by atoms with van der Waals surface area (Å²) < 4.78 is 0. The quantitative estimate of drug-likeness (QED) is 0.800. The molecule has 1 aromatic carbocycles. The van der Waals surface area contributed by atoms with Crippen LogP contribution in [0, 0.1) is 0 Å².